The number of nitrogens with zero attached hydrogens (tertiary/aromatic N) is 1. The van der Waals surface area contributed by atoms with Crippen molar-refractivity contribution in [1.29, 1.82) is 0 Å². The van der Waals surface area contributed by atoms with Gasteiger partial charge >= 0.3 is 5.97 Å². The van der Waals surface area contributed by atoms with E-state index in [4.69, 9.17) is 9.84 Å². The Kier molecular flexibility index (Phi) is 5.81. The zero-order chi connectivity index (χ0) is 15.9. The molecule has 1 amide bonds. The van der Waals surface area contributed by atoms with Gasteiger partial charge in [0.25, 0.3) is 5.91 Å². The average molecular weight is 305 g/mol. The molecule has 1 aliphatic carbocycles. The number of carbonyl (C=O) groups is 2. The van der Waals surface area contributed by atoms with Crippen molar-refractivity contribution in [2.45, 2.75) is 45.1 Å². The minimum absolute atomic E-state index is 0.233. The fourth-order valence-electron chi connectivity index (χ4n) is 2.77. The highest BCUT2D eigenvalue weighted by molar-refractivity contribution is 5.96. The second-order valence-corrected chi connectivity index (χ2v) is 5.67. The Morgan fingerprint density at radius 3 is 2.68 bits per heavy atom. The van der Waals surface area contributed by atoms with Gasteiger partial charge in [-0.05, 0) is 50.3 Å². The van der Waals surface area contributed by atoms with Crippen molar-refractivity contribution in [1.82, 2.24) is 4.90 Å². The summed E-state index contributed by atoms with van der Waals surface area (Å²) in [6, 6.07) is 7.04. The third-order valence-electron chi connectivity index (χ3n) is 3.79. The van der Waals surface area contributed by atoms with Crippen LogP contribution >= 0.6 is 0 Å². The van der Waals surface area contributed by atoms with E-state index in [-0.39, 0.29) is 18.6 Å². The van der Waals surface area contributed by atoms with Crippen LogP contribution in [0, 0.1) is 0 Å². The van der Waals surface area contributed by atoms with Gasteiger partial charge in [0.2, 0.25) is 0 Å². The molecule has 22 heavy (non-hydrogen) atoms. The second-order valence-electron chi connectivity index (χ2n) is 5.67. The van der Waals surface area contributed by atoms with Crippen LogP contribution in [0.2, 0.25) is 0 Å². The topological polar surface area (TPSA) is 66.8 Å². The lowest BCUT2D eigenvalue weighted by Crippen LogP contribution is -2.36. The number of carbonyl (C=O) groups excluding carboxylic acids is 1. The first-order valence-electron chi connectivity index (χ1n) is 7.88. The van der Waals surface area contributed by atoms with E-state index in [0.29, 0.717) is 17.9 Å². The molecule has 0 saturated heterocycles. The van der Waals surface area contributed by atoms with Crippen molar-refractivity contribution in [2.24, 2.45) is 0 Å². The molecule has 1 aromatic rings. The Bertz CT molecular complexity index is 523. The van der Waals surface area contributed by atoms with Crippen LogP contribution < -0.4 is 4.74 Å². The van der Waals surface area contributed by atoms with E-state index in [0.717, 1.165) is 19.3 Å². The third-order valence-corrected chi connectivity index (χ3v) is 3.79. The van der Waals surface area contributed by atoms with E-state index >= 15 is 0 Å². The van der Waals surface area contributed by atoms with Crippen LogP contribution in [0.1, 0.15) is 49.4 Å². The van der Waals surface area contributed by atoms with Crippen LogP contribution in [0.5, 0.6) is 5.75 Å². The number of aliphatic carboxylic acids is 1. The van der Waals surface area contributed by atoms with Crippen LogP contribution in [0.4, 0.5) is 0 Å². The SMILES string of the molecule is CCCN(CC(=O)O)C(=O)c1cccc(OC2CCCC2)c1. The Hall–Kier alpha value is -2.04. The number of ether oxygens (including phenoxy) is 1. The summed E-state index contributed by atoms with van der Waals surface area (Å²) < 4.78 is 5.90. The maximum Gasteiger partial charge on any atom is 0.323 e. The molecular formula is C17H23NO4. The molecule has 1 aliphatic rings. The summed E-state index contributed by atoms with van der Waals surface area (Å²) in [6.45, 7) is 2.07. The van der Waals surface area contributed by atoms with Crippen molar-refractivity contribution in [3.63, 3.8) is 0 Å². The van der Waals surface area contributed by atoms with Crippen molar-refractivity contribution in [2.75, 3.05) is 13.1 Å². The lowest BCUT2D eigenvalue weighted by atomic mass is 10.1. The van der Waals surface area contributed by atoms with Gasteiger partial charge in [0.1, 0.15) is 12.3 Å². The largest absolute Gasteiger partial charge is 0.490 e. The minimum atomic E-state index is -1.000. The molecule has 5 nitrogen and oxygen atoms in total. The van der Waals surface area contributed by atoms with Crippen molar-refractivity contribution in [3.05, 3.63) is 29.8 Å². The van der Waals surface area contributed by atoms with Gasteiger partial charge in [0.15, 0.2) is 0 Å². The predicted molar refractivity (Wildman–Crippen MR) is 83.2 cm³/mol. The molecule has 0 radical (unpaired) electrons. The molecule has 1 aromatic carbocycles. The average Bonchev–Trinajstić information content (AvgIpc) is 2.99. The maximum atomic E-state index is 12.5. The molecule has 120 valence electrons. The molecule has 5 heteroatoms. The number of hydrogen-bond donors (Lipinski definition) is 1. The second kappa shape index (κ2) is 7.82. The van der Waals surface area contributed by atoms with E-state index < -0.39 is 5.97 Å². The van der Waals surface area contributed by atoms with Gasteiger partial charge in [-0.25, -0.2) is 0 Å². The quantitative estimate of drug-likeness (QED) is 0.841. The van der Waals surface area contributed by atoms with Crippen molar-refractivity contribution >= 4 is 11.9 Å². The van der Waals surface area contributed by atoms with Gasteiger partial charge in [0, 0.05) is 12.1 Å². The summed E-state index contributed by atoms with van der Waals surface area (Å²) in [4.78, 5) is 24.7. The van der Waals surface area contributed by atoms with Crippen LogP contribution in [0.15, 0.2) is 24.3 Å². The van der Waals surface area contributed by atoms with Crippen LogP contribution in [0.3, 0.4) is 0 Å². The van der Waals surface area contributed by atoms with E-state index in [9.17, 15) is 9.59 Å². The van der Waals surface area contributed by atoms with Gasteiger partial charge in [-0.3, -0.25) is 9.59 Å². The molecule has 1 fully saturated rings. The highest BCUT2D eigenvalue weighted by atomic mass is 16.5. The molecular weight excluding hydrogens is 282 g/mol. The summed E-state index contributed by atoms with van der Waals surface area (Å²) in [5.41, 5.74) is 0.477. The Balaban J connectivity index is 2.08. The van der Waals surface area contributed by atoms with Crippen LogP contribution in [-0.4, -0.2) is 41.1 Å². The van der Waals surface area contributed by atoms with Crippen molar-refractivity contribution < 1.29 is 19.4 Å². The van der Waals surface area contributed by atoms with Gasteiger partial charge in [0.05, 0.1) is 6.10 Å². The lowest BCUT2D eigenvalue weighted by molar-refractivity contribution is -0.137. The van der Waals surface area contributed by atoms with Gasteiger partial charge in [-0.1, -0.05) is 13.0 Å². The minimum Gasteiger partial charge on any atom is -0.490 e. The number of carboxylic acid groups (broad SMARTS) is 1. The number of hydrogen-bond acceptors (Lipinski definition) is 3. The fourth-order valence-corrected chi connectivity index (χ4v) is 2.77. The normalized spacial score (nSPS) is 14.8. The zero-order valence-electron chi connectivity index (χ0n) is 13.0. The van der Waals surface area contributed by atoms with E-state index in [1.165, 1.54) is 17.7 Å². The molecule has 0 atom stereocenters. The van der Waals surface area contributed by atoms with E-state index in [1.807, 2.05) is 13.0 Å². The number of rotatable bonds is 7. The highest BCUT2D eigenvalue weighted by Crippen LogP contribution is 2.24. The maximum absolute atomic E-state index is 12.5. The van der Waals surface area contributed by atoms with E-state index in [2.05, 4.69) is 0 Å². The standard InChI is InChI=1S/C17H23NO4/c1-2-10-18(12-16(19)20)17(21)13-6-5-9-15(11-13)22-14-7-3-4-8-14/h5-6,9,11,14H,2-4,7-8,10,12H2,1H3,(H,19,20). The number of benzene rings is 1. The molecule has 0 heterocycles. The summed E-state index contributed by atoms with van der Waals surface area (Å²) in [7, 11) is 0. The Morgan fingerprint density at radius 1 is 1.32 bits per heavy atom. The predicted octanol–water partition coefficient (Wildman–Crippen LogP) is 2.94. The fraction of sp³-hybridized carbons (Fsp3) is 0.529. The smallest absolute Gasteiger partial charge is 0.323 e. The number of carboxylic acids is 1. The first-order valence-corrected chi connectivity index (χ1v) is 7.88. The highest BCUT2D eigenvalue weighted by Gasteiger charge is 2.20. The third kappa shape index (κ3) is 4.48. The van der Waals surface area contributed by atoms with Gasteiger partial charge in [-0.2, -0.15) is 0 Å². The Morgan fingerprint density at radius 2 is 2.05 bits per heavy atom. The molecule has 2 rings (SSSR count). The molecule has 0 unspecified atom stereocenters. The zero-order valence-corrected chi connectivity index (χ0v) is 13.0. The monoisotopic (exact) mass is 305 g/mol. The molecule has 0 spiro atoms. The first-order chi connectivity index (χ1) is 10.6. The molecule has 1 saturated carbocycles. The molecule has 1 N–H and O–H groups in total. The van der Waals surface area contributed by atoms with Crippen LogP contribution in [0.25, 0.3) is 0 Å². The van der Waals surface area contributed by atoms with Gasteiger partial charge in [-0.15, -0.1) is 0 Å². The summed E-state index contributed by atoms with van der Waals surface area (Å²) in [6.07, 6.45) is 5.43. The molecule has 0 aliphatic heterocycles. The lowest BCUT2D eigenvalue weighted by Gasteiger charge is -2.20. The molecule has 0 bridgehead atoms. The number of amides is 1. The summed E-state index contributed by atoms with van der Waals surface area (Å²) in [5.74, 6) is -0.578. The van der Waals surface area contributed by atoms with Crippen molar-refractivity contribution in [3.8, 4) is 5.75 Å². The van der Waals surface area contributed by atoms with Gasteiger partial charge < -0.3 is 14.7 Å². The summed E-state index contributed by atoms with van der Waals surface area (Å²) in [5, 5.41) is 8.93. The molecule has 0 aromatic heterocycles. The van der Waals surface area contributed by atoms with Crippen LogP contribution in [-0.2, 0) is 4.79 Å². The summed E-state index contributed by atoms with van der Waals surface area (Å²) >= 11 is 0. The first kappa shape index (κ1) is 16.3. The Labute approximate surface area is 130 Å². The van der Waals surface area contributed by atoms with E-state index in [1.54, 1.807) is 18.2 Å².